The third kappa shape index (κ3) is 3.87. The molecule has 2 nitrogen and oxygen atoms in total. The molecule has 1 rings (SSSR count). The molecule has 1 aliphatic rings. The van der Waals surface area contributed by atoms with E-state index in [2.05, 4.69) is 46.5 Å². The van der Waals surface area contributed by atoms with E-state index in [9.17, 15) is 0 Å². The van der Waals surface area contributed by atoms with Crippen molar-refractivity contribution >= 4 is 15.9 Å². The van der Waals surface area contributed by atoms with Gasteiger partial charge in [-0.2, -0.15) is 0 Å². The first-order valence-electron chi connectivity index (χ1n) is 5.66. The van der Waals surface area contributed by atoms with Gasteiger partial charge in [-0.15, -0.1) is 0 Å². The van der Waals surface area contributed by atoms with Crippen LogP contribution in [-0.2, 0) is 0 Å². The van der Waals surface area contributed by atoms with Crippen LogP contribution >= 0.6 is 15.9 Å². The predicted octanol–water partition coefficient (Wildman–Crippen LogP) is 2.04. The van der Waals surface area contributed by atoms with Gasteiger partial charge in [0.2, 0.25) is 0 Å². The fourth-order valence-corrected chi connectivity index (χ4v) is 2.16. The molecule has 1 atom stereocenters. The average molecular weight is 263 g/mol. The summed E-state index contributed by atoms with van der Waals surface area (Å²) in [4.78, 5) is 5.15. The minimum atomic E-state index is 0.714. The monoisotopic (exact) mass is 262 g/mol. The summed E-state index contributed by atoms with van der Waals surface area (Å²) in [5.41, 5.74) is 0. The van der Waals surface area contributed by atoms with Crippen LogP contribution in [0.5, 0.6) is 0 Å². The van der Waals surface area contributed by atoms with Crippen molar-refractivity contribution in [1.29, 1.82) is 0 Å². The van der Waals surface area contributed by atoms with E-state index < -0.39 is 0 Å². The Hall–Kier alpha value is 0.400. The molecule has 1 heterocycles. The van der Waals surface area contributed by atoms with Crippen LogP contribution < -0.4 is 0 Å². The first-order chi connectivity index (χ1) is 6.63. The van der Waals surface area contributed by atoms with E-state index in [1.807, 2.05) is 0 Å². The first kappa shape index (κ1) is 12.5. The van der Waals surface area contributed by atoms with Crippen LogP contribution in [0.2, 0.25) is 0 Å². The molecule has 0 aromatic carbocycles. The maximum Gasteiger partial charge on any atom is 0.0113 e. The Labute approximate surface area is 96.8 Å². The molecule has 0 amide bonds. The number of alkyl halides is 1. The topological polar surface area (TPSA) is 6.48 Å². The molecule has 0 N–H and O–H groups in total. The quantitative estimate of drug-likeness (QED) is 0.716. The van der Waals surface area contributed by atoms with E-state index in [1.165, 1.54) is 32.7 Å². The van der Waals surface area contributed by atoms with E-state index in [1.54, 1.807) is 0 Å². The van der Waals surface area contributed by atoms with E-state index >= 15 is 0 Å². The molecule has 0 saturated carbocycles. The van der Waals surface area contributed by atoms with Gasteiger partial charge in [0, 0.05) is 44.1 Å². The van der Waals surface area contributed by atoms with Crippen LogP contribution in [0.3, 0.4) is 0 Å². The highest BCUT2D eigenvalue weighted by Crippen LogP contribution is 2.09. The first-order valence-corrected chi connectivity index (χ1v) is 6.78. The highest BCUT2D eigenvalue weighted by atomic mass is 79.9. The fraction of sp³-hybridized carbons (Fsp3) is 1.00. The van der Waals surface area contributed by atoms with E-state index in [0.29, 0.717) is 6.04 Å². The molecule has 1 saturated heterocycles. The highest BCUT2D eigenvalue weighted by molar-refractivity contribution is 9.09. The van der Waals surface area contributed by atoms with Crippen molar-refractivity contribution in [2.45, 2.75) is 26.8 Å². The third-order valence-corrected chi connectivity index (χ3v) is 4.08. The van der Waals surface area contributed by atoms with Crippen LogP contribution in [0.25, 0.3) is 0 Å². The minimum absolute atomic E-state index is 0.714. The van der Waals surface area contributed by atoms with Crippen molar-refractivity contribution in [1.82, 2.24) is 9.80 Å². The maximum atomic E-state index is 3.54. The number of piperazine rings is 1. The zero-order chi connectivity index (χ0) is 10.6. The number of nitrogens with zero attached hydrogens (tertiary/aromatic N) is 2. The number of rotatable bonds is 4. The normalized spacial score (nSPS) is 22.9. The number of halogens is 1. The van der Waals surface area contributed by atoms with Gasteiger partial charge in [-0.25, -0.2) is 0 Å². The molecular formula is C11H23BrN2. The molecule has 0 aromatic rings. The SMILES string of the molecule is CC(CBr)CN1CCN(C(C)C)CC1. The van der Waals surface area contributed by atoms with Crippen LogP contribution in [0, 0.1) is 5.92 Å². The van der Waals surface area contributed by atoms with E-state index in [-0.39, 0.29) is 0 Å². The molecule has 0 bridgehead atoms. The van der Waals surface area contributed by atoms with Crippen LogP contribution in [0.4, 0.5) is 0 Å². The molecule has 14 heavy (non-hydrogen) atoms. The molecule has 84 valence electrons. The van der Waals surface area contributed by atoms with Gasteiger partial charge in [-0.1, -0.05) is 22.9 Å². The Morgan fingerprint density at radius 2 is 1.64 bits per heavy atom. The van der Waals surface area contributed by atoms with Crippen LogP contribution in [0.15, 0.2) is 0 Å². The predicted molar refractivity (Wildman–Crippen MR) is 66.1 cm³/mol. The lowest BCUT2D eigenvalue weighted by atomic mass is 10.2. The summed E-state index contributed by atoms with van der Waals surface area (Å²) in [6.45, 7) is 13.1. The smallest absolute Gasteiger partial charge is 0.0113 e. The van der Waals surface area contributed by atoms with Crippen LogP contribution in [0.1, 0.15) is 20.8 Å². The zero-order valence-corrected chi connectivity index (χ0v) is 11.3. The maximum absolute atomic E-state index is 3.54. The molecule has 1 unspecified atom stereocenters. The second-order valence-corrected chi connectivity index (χ2v) is 5.34. The van der Waals surface area contributed by atoms with Crippen LogP contribution in [-0.4, -0.2) is 53.9 Å². The molecule has 0 spiro atoms. The summed E-state index contributed by atoms with van der Waals surface area (Å²) in [7, 11) is 0. The number of hydrogen-bond donors (Lipinski definition) is 0. The Bertz CT molecular complexity index is 153. The van der Waals surface area contributed by atoms with E-state index in [4.69, 9.17) is 0 Å². The van der Waals surface area contributed by atoms with Gasteiger partial charge in [0.25, 0.3) is 0 Å². The summed E-state index contributed by atoms with van der Waals surface area (Å²) in [5, 5.41) is 1.12. The summed E-state index contributed by atoms with van der Waals surface area (Å²) < 4.78 is 0. The molecule has 3 heteroatoms. The third-order valence-electron chi connectivity index (χ3n) is 2.97. The van der Waals surface area contributed by atoms with Crippen molar-refractivity contribution in [3.05, 3.63) is 0 Å². The molecule has 0 aromatic heterocycles. The molecule has 1 fully saturated rings. The lowest BCUT2D eigenvalue weighted by Crippen LogP contribution is -2.49. The van der Waals surface area contributed by atoms with Crippen molar-refractivity contribution < 1.29 is 0 Å². The zero-order valence-electron chi connectivity index (χ0n) is 9.67. The van der Waals surface area contributed by atoms with Gasteiger partial charge in [0.15, 0.2) is 0 Å². The Morgan fingerprint density at radius 1 is 1.07 bits per heavy atom. The van der Waals surface area contributed by atoms with Crippen molar-refractivity contribution in [2.24, 2.45) is 5.92 Å². The lowest BCUT2D eigenvalue weighted by Gasteiger charge is -2.37. The van der Waals surface area contributed by atoms with E-state index in [0.717, 1.165) is 11.2 Å². The Morgan fingerprint density at radius 3 is 2.07 bits per heavy atom. The second-order valence-electron chi connectivity index (χ2n) is 4.69. The lowest BCUT2D eigenvalue weighted by molar-refractivity contribution is 0.101. The van der Waals surface area contributed by atoms with Gasteiger partial charge >= 0.3 is 0 Å². The Kier molecular flexibility index (Phi) is 5.42. The second kappa shape index (κ2) is 6.09. The van der Waals surface area contributed by atoms with Gasteiger partial charge < -0.3 is 4.90 Å². The summed E-state index contributed by atoms with van der Waals surface area (Å²) >= 11 is 3.54. The molecule has 0 radical (unpaired) electrons. The van der Waals surface area contributed by atoms with Crippen molar-refractivity contribution in [2.75, 3.05) is 38.1 Å². The molecular weight excluding hydrogens is 240 g/mol. The fourth-order valence-electron chi connectivity index (χ4n) is 1.95. The number of hydrogen-bond acceptors (Lipinski definition) is 2. The van der Waals surface area contributed by atoms with Gasteiger partial charge in [-0.3, -0.25) is 4.90 Å². The van der Waals surface area contributed by atoms with Crippen molar-refractivity contribution in [3.63, 3.8) is 0 Å². The van der Waals surface area contributed by atoms with Gasteiger partial charge in [0.05, 0.1) is 0 Å². The standard InChI is InChI=1S/C11H23BrN2/c1-10(2)14-6-4-13(5-7-14)9-11(3)8-12/h10-11H,4-9H2,1-3H3. The summed E-state index contributed by atoms with van der Waals surface area (Å²) in [6.07, 6.45) is 0. The molecule has 0 aliphatic carbocycles. The minimum Gasteiger partial charge on any atom is -0.300 e. The largest absolute Gasteiger partial charge is 0.300 e. The summed E-state index contributed by atoms with van der Waals surface area (Å²) in [6, 6.07) is 0.714. The van der Waals surface area contributed by atoms with Crippen molar-refractivity contribution in [3.8, 4) is 0 Å². The Balaban J connectivity index is 2.22. The van der Waals surface area contributed by atoms with Gasteiger partial charge in [-0.05, 0) is 19.8 Å². The highest BCUT2D eigenvalue weighted by Gasteiger charge is 2.19. The molecule has 1 aliphatic heterocycles. The summed E-state index contributed by atoms with van der Waals surface area (Å²) in [5.74, 6) is 0.778. The average Bonchev–Trinajstić information content (AvgIpc) is 2.18. The van der Waals surface area contributed by atoms with Gasteiger partial charge in [0.1, 0.15) is 0 Å².